The second kappa shape index (κ2) is 7.97. The third-order valence-corrected chi connectivity index (χ3v) is 4.37. The predicted octanol–water partition coefficient (Wildman–Crippen LogP) is 4.37. The molecule has 0 aliphatic carbocycles. The van der Waals surface area contributed by atoms with Gasteiger partial charge in [-0.2, -0.15) is 0 Å². The average Bonchev–Trinajstić information content (AvgIpc) is 2.84. The van der Waals surface area contributed by atoms with Crippen LogP contribution in [0.5, 0.6) is 0 Å². The molecule has 124 valence electrons. The highest BCUT2D eigenvalue weighted by Gasteiger charge is 2.21. The van der Waals surface area contributed by atoms with Crippen molar-refractivity contribution in [2.75, 3.05) is 13.2 Å². The number of H-pyrrole nitrogens is 1. The van der Waals surface area contributed by atoms with Crippen molar-refractivity contribution in [3.63, 3.8) is 0 Å². The quantitative estimate of drug-likeness (QED) is 0.669. The Morgan fingerprint density at radius 2 is 1.83 bits per heavy atom. The first-order valence-corrected chi connectivity index (χ1v) is 8.88. The van der Waals surface area contributed by atoms with Gasteiger partial charge in [0, 0.05) is 26.3 Å². The minimum Gasteiger partial charge on any atom is -0.466 e. The van der Waals surface area contributed by atoms with Gasteiger partial charge < -0.3 is 14.5 Å². The number of aromatic nitrogens is 1. The number of benzene rings is 1. The van der Waals surface area contributed by atoms with E-state index in [1.807, 2.05) is 12.1 Å². The van der Waals surface area contributed by atoms with Gasteiger partial charge in [-0.15, -0.1) is 0 Å². The Kier molecular flexibility index (Phi) is 6.24. The molecule has 1 aromatic heterocycles. The zero-order valence-corrected chi connectivity index (χ0v) is 16.0. The maximum atomic E-state index is 12.2. The summed E-state index contributed by atoms with van der Waals surface area (Å²) in [5.41, 5.74) is 1.93. The molecule has 0 aliphatic rings. The van der Waals surface area contributed by atoms with Gasteiger partial charge in [0.2, 0.25) is 0 Å². The van der Waals surface area contributed by atoms with E-state index < -0.39 is 5.97 Å². The molecule has 0 fully saturated rings. The molecule has 0 saturated heterocycles. The van der Waals surface area contributed by atoms with Crippen LogP contribution in [0.3, 0.4) is 0 Å². The summed E-state index contributed by atoms with van der Waals surface area (Å²) in [5, 5.41) is 0.876. The van der Waals surface area contributed by atoms with Crippen molar-refractivity contribution in [2.45, 2.75) is 26.7 Å². The van der Waals surface area contributed by atoms with Crippen LogP contribution in [0.4, 0.5) is 0 Å². The van der Waals surface area contributed by atoms with Crippen LogP contribution in [-0.4, -0.2) is 30.1 Å². The Morgan fingerprint density at radius 1 is 1.13 bits per heavy atom. The first-order chi connectivity index (χ1) is 11.0. The molecule has 5 nitrogen and oxygen atoms in total. The largest absolute Gasteiger partial charge is 0.466 e. The highest BCUT2D eigenvalue weighted by atomic mass is 79.9. The number of aryl methyl sites for hydroxylation is 1. The van der Waals surface area contributed by atoms with Crippen LogP contribution < -0.4 is 0 Å². The van der Waals surface area contributed by atoms with Crippen molar-refractivity contribution in [1.82, 2.24) is 4.98 Å². The fourth-order valence-corrected chi connectivity index (χ4v) is 3.87. The molecule has 0 radical (unpaired) electrons. The van der Waals surface area contributed by atoms with Crippen molar-refractivity contribution in [1.29, 1.82) is 0 Å². The fraction of sp³-hybridized carbons (Fsp3) is 0.375. The molecular formula is C16H17Br2NO4. The van der Waals surface area contributed by atoms with Crippen molar-refractivity contribution in [2.24, 2.45) is 0 Å². The Bertz CT molecular complexity index is 739. The van der Waals surface area contributed by atoms with Crippen LogP contribution in [0.2, 0.25) is 0 Å². The Balaban J connectivity index is 2.46. The molecule has 1 N–H and O–H groups in total. The Hall–Kier alpha value is -1.34. The maximum Gasteiger partial charge on any atom is 0.355 e. The summed E-state index contributed by atoms with van der Waals surface area (Å²) in [6, 6.07) is 3.79. The smallest absolute Gasteiger partial charge is 0.355 e. The van der Waals surface area contributed by atoms with E-state index in [2.05, 4.69) is 36.8 Å². The average molecular weight is 447 g/mol. The lowest BCUT2D eigenvalue weighted by Crippen LogP contribution is -2.10. The third-order valence-electron chi connectivity index (χ3n) is 3.28. The van der Waals surface area contributed by atoms with Gasteiger partial charge in [-0.3, -0.25) is 4.79 Å². The van der Waals surface area contributed by atoms with E-state index in [-0.39, 0.29) is 19.0 Å². The topological polar surface area (TPSA) is 68.4 Å². The molecule has 1 aromatic carbocycles. The van der Waals surface area contributed by atoms with Gasteiger partial charge in [0.1, 0.15) is 5.69 Å². The van der Waals surface area contributed by atoms with Gasteiger partial charge in [-0.25, -0.2) is 4.79 Å². The number of aromatic amines is 1. The molecule has 23 heavy (non-hydrogen) atoms. The molecule has 0 spiro atoms. The molecule has 0 bridgehead atoms. The van der Waals surface area contributed by atoms with Crippen LogP contribution in [-0.2, 0) is 20.7 Å². The summed E-state index contributed by atoms with van der Waals surface area (Å²) < 4.78 is 11.8. The van der Waals surface area contributed by atoms with Crippen molar-refractivity contribution in [3.05, 3.63) is 32.3 Å². The number of hydrogen-bond donors (Lipinski definition) is 1. The summed E-state index contributed by atoms with van der Waals surface area (Å²) >= 11 is 6.95. The van der Waals surface area contributed by atoms with Crippen LogP contribution >= 0.6 is 31.9 Å². The van der Waals surface area contributed by atoms with E-state index in [0.717, 1.165) is 25.4 Å². The van der Waals surface area contributed by atoms with Crippen LogP contribution in [0, 0.1) is 0 Å². The molecule has 0 amide bonds. The van der Waals surface area contributed by atoms with E-state index in [0.29, 0.717) is 18.7 Å². The molecule has 1 heterocycles. The fourth-order valence-electron chi connectivity index (χ4n) is 2.40. The van der Waals surface area contributed by atoms with E-state index in [1.165, 1.54) is 0 Å². The second-order valence-corrected chi connectivity index (χ2v) is 6.58. The second-order valence-electron chi connectivity index (χ2n) is 4.81. The number of ether oxygens (including phenoxy) is 2. The van der Waals surface area contributed by atoms with Gasteiger partial charge in [0.15, 0.2) is 0 Å². The van der Waals surface area contributed by atoms with E-state index >= 15 is 0 Å². The normalized spacial score (nSPS) is 10.8. The predicted molar refractivity (Wildman–Crippen MR) is 94.6 cm³/mol. The van der Waals surface area contributed by atoms with Gasteiger partial charge in [0.05, 0.1) is 13.2 Å². The van der Waals surface area contributed by atoms with Gasteiger partial charge in [-0.1, -0.05) is 31.9 Å². The lowest BCUT2D eigenvalue weighted by Gasteiger charge is -2.06. The van der Waals surface area contributed by atoms with Crippen LogP contribution in [0.15, 0.2) is 21.1 Å². The molecule has 2 aromatic rings. The van der Waals surface area contributed by atoms with E-state index in [1.54, 1.807) is 13.8 Å². The summed E-state index contributed by atoms with van der Waals surface area (Å²) in [7, 11) is 0. The molecule has 7 heteroatoms. The van der Waals surface area contributed by atoms with Crippen LogP contribution in [0.25, 0.3) is 10.9 Å². The minimum absolute atomic E-state index is 0.204. The lowest BCUT2D eigenvalue weighted by atomic mass is 10.1. The minimum atomic E-state index is -0.425. The summed E-state index contributed by atoms with van der Waals surface area (Å²) in [6.07, 6.45) is 0.600. The number of nitrogens with one attached hydrogen (secondary N) is 1. The zero-order valence-electron chi connectivity index (χ0n) is 12.9. The van der Waals surface area contributed by atoms with Gasteiger partial charge >= 0.3 is 11.9 Å². The Morgan fingerprint density at radius 3 is 2.48 bits per heavy atom. The highest BCUT2D eigenvalue weighted by Crippen LogP contribution is 2.34. The molecule has 2 rings (SSSR count). The zero-order chi connectivity index (χ0) is 17.0. The monoisotopic (exact) mass is 445 g/mol. The van der Waals surface area contributed by atoms with Gasteiger partial charge in [-0.05, 0) is 38.0 Å². The molecule has 0 aliphatic heterocycles. The number of fused-ring (bicyclic) bond motifs is 1. The maximum absolute atomic E-state index is 12.2. The number of esters is 2. The number of carbonyl (C=O) groups excluding carboxylic acids is 2. The summed E-state index contributed by atoms with van der Waals surface area (Å²) in [6.45, 7) is 4.15. The third kappa shape index (κ3) is 4.14. The van der Waals surface area contributed by atoms with Gasteiger partial charge in [0.25, 0.3) is 0 Å². The van der Waals surface area contributed by atoms with Crippen molar-refractivity contribution >= 4 is 54.7 Å². The summed E-state index contributed by atoms with van der Waals surface area (Å²) in [5.74, 6) is -0.713. The molecular weight excluding hydrogens is 430 g/mol. The number of rotatable bonds is 6. The highest BCUT2D eigenvalue weighted by molar-refractivity contribution is 9.11. The van der Waals surface area contributed by atoms with E-state index in [4.69, 9.17) is 9.47 Å². The first kappa shape index (κ1) is 18.0. The van der Waals surface area contributed by atoms with Crippen molar-refractivity contribution < 1.29 is 19.1 Å². The first-order valence-electron chi connectivity index (χ1n) is 7.30. The SMILES string of the molecule is CCOC(=O)CCc1c(C(=O)OCC)[nH]c2cc(Br)cc(Br)c12. The number of hydrogen-bond acceptors (Lipinski definition) is 4. The molecule has 0 unspecified atom stereocenters. The standard InChI is InChI=1S/C16H17Br2NO4/c1-3-22-13(20)6-5-10-14-11(18)7-9(17)8-12(14)19-15(10)16(21)23-4-2/h7-8,19H,3-6H2,1-2H3. The van der Waals surface area contributed by atoms with Crippen LogP contribution in [0.1, 0.15) is 36.3 Å². The lowest BCUT2D eigenvalue weighted by molar-refractivity contribution is -0.143. The number of halogens is 2. The molecule has 0 atom stereocenters. The Labute approximate surface area is 151 Å². The van der Waals surface area contributed by atoms with E-state index in [9.17, 15) is 9.59 Å². The summed E-state index contributed by atoms with van der Waals surface area (Å²) in [4.78, 5) is 27.0. The number of carbonyl (C=O) groups is 2. The molecule has 0 saturated carbocycles. The van der Waals surface area contributed by atoms with Crippen molar-refractivity contribution in [3.8, 4) is 0 Å².